The number of carbonyl (C=O) groups is 1. The van der Waals surface area contributed by atoms with Crippen molar-refractivity contribution in [2.45, 2.75) is 95.4 Å². The SMILES string of the molecule is C=C(NCC(C)(C)O)c1ccc2c(c1)CCc1cc(C(=O)NCC(C)(C)O)ccc1C2(C[C@H](C)NCC(=C)N1CCCC1C#N)c1nnn[nH]1. The average molecular weight is 682 g/mol. The second kappa shape index (κ2) is 14.7. The molecule has 12 nitrogen and oxygen atoms in total. The number of aryl methyl sites for hydroxylation is 2. The van der Waals surface area contributed by atoms with Gasteiger partial charge in [-0.15, -0.1) is 5.10 Å². The van der Waals surface area contributed by atoms with Gasteiger partial charge in [0, 0.05) is 49.2 Å². The van der Waals surface area contributed by atoms with Crippen LogP contribution in [0.2, 0.25) is 0 Å². The van der Waals surface area contributed by atoms with Crippen molar-refractivity contribution in [2.75, 3.05) is 26.2 Å². The molecule has 2 aromatic carbocycles. The Balaban J connectivity index is 1.56. The summed E-state index contributed by atoms with van der Waals surface area (Å²) in [5, 5.41) is 55.7. The van der Waals surface area contributed by atoms with E-state index < -0.39 is 16.6 Å². The predicted octanol–water partition coefficient (Wildman–Crippen LogP) is 3.33. The van der Waals surface area contributed by atoms with Gasteiger partial charge in [0.15, 0.2) is 5.82 Å². The zero-order chi connectivity index (χ0) is 36.3. The highest BCUT2D eigenvalue weighted by Crippen LogP contribution is 2.47. The van der Waals surface area contributed by atoms with Crippen LogP contribution in [0.15, 0.2) is 55.3 Å². The Kier molecular flexibility index (Phi) is 10.8. The minimum absolute atomic E-state index is 0.0587. The highest BCUT2D eigenvalue weighted by molar-refractivity contribution is 5.94. The molecule has 1 saturated heterocycles. The molecule has 3 aromatic rings. The molecule has 0 radical (unpaired) electrons. The van der Waals surface area contributed by atoms with Crippen molar-refractivity contribution in [1.82, 2.24) is 41.5 Å². The number of fused-ring (bicyclic) bond motifs is 2. The molecule has 2 unspecified atom stereocenters. The normalized spacial score (nSPS) is 19.5. The minimum atomic E-state index is -1.04. The van der Waals surface area contributed by atoms with Crippen LogP contribution in [0.3, 0.4) is 0 Å². The number of tetrazole rings is 1. The molecule has 2 aliphatic rings. The highest BCUT2D eigenvalue weighted by Gasteiger charge is 2.45. The molecule has 1 amide bonds. The first-order valence-corrected chi connectivity index (χ1v) is 17.4. The number of aromatic amines is 1. The van der Waals surface area contributed by atoms with E-state index in [1.165, 1.54) is 0 Å². The lowest BCUT2D eigenvalue weighted by molar-refractivity contribution is 0.0694. The number of carbonyl (C=O) groups excluding carboxylic acids is 1. The summed E-state index contributed by atoms with van der Waals surface area (Å²) in [5.41, 5.74) is 4.39. The first-order chi connectivity index (χ1) is 23.6. The maximum absolute atomic E-state index is 13.3. The number of likely N-dealkylation sites (tertiary alicyclic amines) is 1. The quantitative estimate of drug-likeness (QED) is 0.148. The Bertz CT molecular complexity index is 1670. The number of hydrogen-bond donors (Lipinski definition) is 6. The van der Waals surface area contributed by atoms with Crippen LogP contribution in [0.1, 0.15) is 97.9 Å². The number of aromatic nitrogens is 4. The molecule has 5 rings (SSSR count). The number of rotatable bonds is 14. The van der Waals surface area contributed by atoms with E-state index in [1.54, 1.807) is 27.7 Å². The van der Waals surface area contributed by atoms with E-state index in [-0.39, 0.29) is 24.5 Å². The summed E-state index contributed by atoms with van der Waals surface area (Å²) in [6.07, 6.45) is 3.74. The van der Waals surface area contributed by atoms with Crippen LogP contribution in [0, 0.1) is 11.3 Å². The number of nitriles is 1. The van der Waals surface area contributed by atoms with Gasteiger partial charge in [-0.3, -0.25) is 4.79 Å². The van der Waals surface area contributed by atoms with Crippen molar-refractivity contribution in [2.24, 2.45) is 0 Å². The first-order valence-electron chi connectivity index (χ1n) is 17.4. The van der Waals surface area contributed by atoms with Gasteiger partial charge < -0.3 is 31.1 Å². The van der Waals surface area contributed by atoms with Gasteiger partial charge in [0.25, 0.3) is 5.91 Å². The fraction of sp³-hybridized carbons (Fsp3) is 0.500. The molecular formula is C38H51N9O3. The smallest absolute Gasteiger partial charge is 0.251 e. The van der Waals surface area contributed by atoms with Crippen LogP contribution < -0.4 is 16.0 Å². The number of amides is 1. The van der Waals surface area contributed by atoms with Crippen molar-refractivity contribution < 1.29 is 15.0 Å². The summed E-state index contributed by atoms with van der Waals surface area (Å²) < 4.78 is 0. The molecule has 1 aliphatic carbocycles. The Morgan fingerprint density at radius 1 is 1.06 bits per heavy atom. The molecule has 6 N–H and O–H groups in total. The van der Waals surface area contributed by atoms with E-state index in [0.717, 1.165) is 52.9 Å². The largest absolute Gasteiger partial charge is 0.389 e. The lowest BCUT2D eigenvalue weighted by Gasteiger charge is -2.37. The van der Waals surface area contributed by atoms with E-state index >= 15 is 0 Å². The van der Waals surface area contributed by atoms with E-state index in [2.05, 4.69) is 79.8 Å². The summed E-state index contributed by atoms with van der Waals surface area (Å²) in [7, 11) is 0. The summed E-state index contributed by atoms with van der Waals surface area (Å²) in [5.74, 6) is 0.329. The van der Waals surface area contributed by atoms with Gasteiger partial charge in [0.1, 0.15) is 6.04 Å². The number of H-pyrrole nitrogens is 1. The van der Waals surface area contributed by atoms with E-state index in [9.17, 15) is 20.3 Å². The van der Waals surface area contributed by atoms with Crippen molar-refractivity contribution in [3.63, 3.8) is 0 Å². The van der Waals surface area contributed by atoms with Gasteiger partial charge in [-0.1, -0.05) is 31.4 Å². The fourth-order valence-electron chi connectivity index (χ4n) is 7.12. The van der Waals surface area contributed by atoms with Gasteiger partial charge in [-0.05, 0) is 123 Å². The molecule has 2 heterocycles. The van der Waals surface area contributed by atoms with Crippen LogP contribution in [-0.4, -0.2) is 91.1 Å². The highest BCUT2D eigenvalue weighted by atomic mass is 16.3. The van der Waals surface area contributed by atoms with Crippen LogP contribution in [0.5, 0.6) is 0 Å². The first kappa shape index (κ1) is 36.7. The van der Waals surface area contributed by atoms with E-state index in [0.29, 0.717) is 49.4 Å². The molecule has 50 heavy (non-hydrogen) atoms. The Hall–Kier alpha value is -4.57. The zero-order valence-electron chi connectivity index (χ0n) is 29.9. The molecular weight excluding hydrogens is 630 g/mol. The van der Waals surface area contributed by atoms with Crippen molar-refractivity contribution in [3.05, 3.63) is 94.5 Å². The van der Waals surface area contributed by atoms with Gasteiger partial charge >= 0.3 is 0 Å². The van der Waals surface area contributed by atoms with Gasteiger partial charge in [-0.2, -0.15) is 5.26 Å². The average Bonchev–Trinajstić information content (AvgIpc) is 3.77. The third-order valence-corrected chi connectivity index (χ3v) is 9.64. The van der Waals surface area contributed by atoms with Crippen molar-refractivity contribution in [3.8, 4) is 6.07 Å². The summed E-state index contributed by atoms with van der Waals surface area (Å²) in [4.78, 5) is 15.4. The fourth-order valence-corrected chi connectivity index (χ4v) is 7.12. The number of hydrogen-bond acceptors (Lipinski definition) is 10. The van der Waals surface area contributed by atoms with Crippen molar-refractivity contribution in [1.29, 1.82) is 5.26 Å². The van der Waals surface area contributed by atoms with Crippen LogP contribution in [0.4, 0.5) is 0 Å². The Morgan fingerprint density at radius 3 is 2.28 bits per heavy atom. The lowest BCUT2D eigenvalue weighted by Crippen LogP contribution is -2.42. The summed E-state index contributed by atoms with van der Waals surface area (Å²) >= 11 is 0. The minimum Gasteiger partial charge on any atom is -0.389 e. The third kappa shape index (κ3) is 8.24. The maximum atomic E-state index is 13.3. The molecule has 1 fully saturated rings. The maximum Gasteiger partial charge on any atom is 0.251 e. The number of nitrogens with zero attached hydrogens (tertiary/aromatic N) is 5. The molecule has 3 atom stereocenters. The van der Waals surface area contributed by atoms with E-state index in [4.69, 9.17) is 0 Å². The van der Waals surface area contributed by atoms with Crippen LogP contribution in [0.25, 0.3) is 5.70 Å². The zero-order valence-corrected chi connectivity index (χ0v) is 29.9. The van der Waals surface area contributed by atoms with E-state index in [1.807, 2.05) is 24.3 Å². The third-order valence-electron chi connectivity index (χ3n) is 9.64. The molecule has 1 aliphatic heterocycles. The Labute approximate surface area is 295 Å². The predicted molar refractivity (Wildman–Crippen MR) is 193 cm³/mol. The topological polar surface area (TPSA) is 175 Å². The molecule has 1 aromatic heterocycles. The lowest BCUT2D eigenvalue weighted by atomic mass is 9.67. The number of nitrogens with one attached hydrogen (secondary N) is 4. The van der Waals surface area contributed by atoms with Gasteiger partial charge in [0.05, 0.1) is 22.7 Å². The second-order valence-corrected chi connectivity index (χ2v) is 15.1. The second-order valence-electron chi connectivity index (χ2n) is 15.1. The molecule has 12 heteroatoms. The standard InChI is InChI=1S/C38H51N9O3/c1-24(40-21-25(2)47-16-8-9-31(47)20-39)19-38(35-43-45-46-44-35)32-14-12-27(26(3)41-22-36(4,5)49)17-28(32)10-11-29-18-30(13-15-33(29)38)34(48)42-23-37(6,7)50/h12-15,17-18,24,31,40-41,49-50H,2-3,8-11,16,19,21-23H2,1,4-7H3,(H,42,48)(H,43,44,45,46)/t24-,31?,38?/m0/s1. The van der Waals surface area contributed by atoms with Crippen LogP contribution in [-0.2, 0) is 18.3 Å². The Morgan fingerprint density at radius 2 is 1.68 bits per heavy atom. The number of benzene rings is 2. The monoisotopic (exact) mass is 681 g/mol. The molecule has 0 bridgehead atoms. The van der Waals surface area contributed by atoms with Gasteiger partial charge in [-0.25, -0.2) is 5.10 Å². The molecule has 266 valence electrons. The van der Waals surface area contributed by atoms with Gasteiger partial charge in [0.2, 0.25) is 0 Å². The number of aliphatic hydroxyl groups is 2. The van der Waals surface area contributed by atoms with Crippen LogP contribution >= 0.6 is 0 Å². The molecule has 0 saturated carbocycles. The van der Waals surface area contributed by atoms with Crippen molar-refractivity contribution >= 4 is 11.6 Å². The molecule has 0 spiro atoms. The summed E-state index contributed by atoms with van der Waals surface area (Å²) in [6, 6.07) is 14.3. The summed E-state index contributed by atoms with van der Waals surface area (Å²) in [6.45, 7) is 19.3.